The molecule has 0 spiro atoms. The SMILES string of the molecule is Clc1ccc(Br)cc1NCC1Cc2ccccc2S1. The Kier molecular flexibility index (Phi) is 4.06. The van der Waals surface area contributed by atoms with Crippen molar-refractivity contribution >= 4 is 45.0 Å². The van der Waals surface area contributed by atoms with E-state index < -0.39 is 0 Å². The van der Waals surface area contributed by atoms with Gasteiger partial charge in [0.2, 0.25) is 0 Å². The molecule has 1 nitrogen and oxygen atoms in total. The van der Waals surface area contributed by atoms with Gasteiger partial charge in [0.1, 0.15) is 0 Å². The molecule has 0 saturated heterocycles. The number of rotatable bonds is 3. The number of nitrogens with one attached hydrogen (secondary N) is 1. The number of thioether (sulfide) groups is 1. The first-order chi connectivity index (χ1) is 9.22. The molecule has 1 aliphatic rings. The van der Waals surface area contributed by atoms with E-state index in [9.17, 15) is 0 Å². The molecule has 0 saturated carbocycles. The van der Waals surface area contributed by atoms with Crippen molar-refractivity contribution in [3.05, 3.63) is 57.5 Å². The van der Waals surface area contributed by atoms with Crippen molar-refractivity contribution in [2.75, 3.05) is 11.9 Å². The summed E-state index contributed by atoms with van der Waals surface area (Å²) in [5.74, 6) is 0. The first kappa shape index (κ1) is 13.3. The van der Waals surface area contributed by atoms with Crippen LogP contribution < -0.4 is 5.32 Å². The van der Waals surface area contributed by atoms with E-state index in [0.717, 1.165) is 28.1 Å². The van der Waals surface area contributed by atoms with Crippen LogP contribution in [0.15, 0.2) is 51.8 Å². The average Bonchev–Trinajstić information content (AvgIpc) is 2.82. The average molecular weight is 355 g/mol. The summed E-state index contributed by atoms with van der Waals surface area (Å²) in [6.45, 7) is 0.926. The molecule has 0 radical (unpaired) electrons. The van der Waals surface area contributed by atoms with Crippen LogP contribution in [0.5, 0.6) is 0 Å². The lowest BCUT2D eigenvalue weighted by Crippen LogP contribution is -2.15. The van der Waals surface area contributed by atoms with E-state index in [4.69, 9.17) is 11.6 Å². The van der Waals surface area contributed by atoms with Crippen LogP contribution in [-0.4, -0.2) is 11.8 Å². The molecule has 1 heterocycles. The number of hydrogen-bond acceptors (Lipinski definition) is 2. The van der Waals surface area contributed by atoms with Gasteiger partial charge in [-0.25, -0.2) is 0 Å². The molecular weight excluding hydrogens is 342 g/mol. The Morgan fingerprint density at radius 2 is 2.11 bits per heavy atom. The van der Waals surface area contributed by atoms with Gasteiger partial charge < -0.3 is 5.32 Å². The van der Waals surface area contributed by atoms with E-state index >= 15 is 0 Å². The minimum atomic E-state index is 0.576. The second kappa shape index (κ2) is 5.78. The van der Waals surface area contributed by atoms with E-state index in [-0.39, 0.29) is 0 Å². The van der Waals surface area contributed by atoms with Gasteiger partial charge in [-0.3, -0.25) is 0 Å². The predicted molar refractivity (Wildman–Crippen MR) is 87.4 cm³/mol. The van der Waals surface area contributed by atoms with Gasteiger partial charge in [0.15, 0.2) is 0 Å². The summed E-state index contributed by atoms with van der Waals surface area (Å²) in [6, 6.07) is 14.5. The highest BCUT2D eigenvalue weighted by atomic mass is 79.9. The van der Waals surface area contributed by atoms with Crippen molar-refractivity contribution in [3.8, 4) is 0 Å². The van der Waals surface area contributed by atoms with Gasteiger partial charge in [0.05, 0.1) is 10.7 Å². The van der Waals surface area contributed by atoms with E-state index in [2.05, 4.69) is 45.5 Å². The highest BCUT2D eigenvalue weighted by Crippen LogP contribution is 2.37. The molecular formula is C15H13BrClNS. The quantitative estimate of drug-likeness (QED) is 0.810. The van der Waals surface area contributed by atoms with Crippen LogP contribution in [0.2, 0.25) is 5.02 Å². The molecule has 3 rings (SSSR count). The summed E-state index contributed by atoms with van der Waals surface area (Å²) in [5.41, 5.74) is 2.45. The van der Waals surface area contributed by atoms with E-state index in [1.165, 1.54) is 10.5 Å². The van der Waals surface area contributed by atoms with Gasteiger partial charge in [0.25, 0.3) is 0 Å². The Bertz CT molecular complexity index is 577. The van der Waals surface area contributed by atoms with E-state index in [1.54, 1.807) is 0 Å². The third-order valence-electron chi connectivity index (χ3n) is 3.16. The molecule has 1 aliphatic heterocycles. The van der Waals surface area contributed by atoms with Crippen molar-refractivity contribution in [3.63, 3.8) is 0 Å². The maximum Gasteiger partial charge on any atom is 0.0638 e. The van der Waals surface area contributed by atoms with Crippen LogP contribution in [0.4, 0.5) is 5.69 Å². The Morgan fingerprint density at radius 1 is 1.26 bits per heavy atom. The molecule has 2 aromatic carbocycles. The number of anilines is 1. The summed E-state index contributed by atoms with van der Waals surface area (Å²) >= 11 is 11.6. The van der Waals surface area contributed by atoms with Crippen molar-refractivity contribution in [1.82, 2.24) is 0 Å². The van der Waals surface area contributed by atoms with Crippen molar-refractivity contribution in [1.29, 1.82) is 0 Å². The second-order valence-electron chi connectivity index (χ2n) is 4.56. The van der Waals surface area contributed by atoms with Crippen molar-refractivity contribution in [2.45, 2.75) is 16.6 Å². The molecule has 0 fully saturated rings. The maximum absolute atomic E-state index is 6.18. The lowest BCUT2D eigenvalue weighted by Gasteiger charge is -2.13. The van der Waals surface area contributed by atoms with Gasteiger partial charge in [-0.15, -0.1) is 11.8 Å². The first-order valence-corrected chi connectivity index (χ1v) is 8.21. The lowest BCUT2D eigenvalue weighted by atomic mass is 10.1. The van der Waals surface area contributed by atoms with Gasteiger partial charge >= 0.3 is 0 Å². The second-order valence-corrected chi connectivity index (χ2v) is 7.22. The first-order valence-electron chi connectivity index (χ1n) is 6.16. The van der Waals surface area contributed by atoms with Crippen molar-refractivity contribution in [2.24, 2.45) is 0 Å². The lowest BCUT2D eigenvalue weighted by molar-refractivity contribution is 0.899. The zero-order valence-corrected chi connectivity index (χ0v) is 13.4. The molecule has 2 aromatic rings. The minimum Gasteiger partial charge on any atom is -0.383 e. The molecule has 1 atom stereocenters. The van der Waals surface area contributed by atoms with E-state index in [0.29, 0.717) is 5.25 Å². The zero-order chi connectivity index (χ0) is 13.2. The molecule has 98 valence electrons. The number of halogens is 2. The summed E-state index contributed by atoms with van der Waals surface area (Å²) in [7, 11) is 0. The minimum absolute atomic E-state index is 0.576. The van der Waals surface area contributed by atoms with Gasteiger partial charge in [-0.1, -0.05) is 45.7 Å². The number of fused-ring (bicyclic) bond motifs is 1. The van der Waals surface area contributed by atoms with E-state index in [1.807, 2.05) is 30.0 Å². The Labute approximate surface area is 130 Å². The molecule has 0 bridgehead atoms. The van der Waals surface area contributed by atoms with Crippen LogP contribution >= 0.6 is 39.3 Å². The number of benzene rings is 2. The van der Waals surface area contributed by atoms with Crippen LogP contribution in [0.3, 0.4) is 0 Å². The van der Waals surface area contributed by atoms with Crippen LogP contribution in [0.25, 0.3) is 0 Å². The zero-order valence-electron chi connectivity index (χ0n) is 10.2. The molecule has 19 heavy (non-hydrogen) atoms. The Morgan fingerprint density at radius 3 is 2.95 bits per heavy atom. The Balaban J connectivity index is 1.64. The van der Waals surface area contributed by atoms with Crippen molar-refractivity contribution < 1.29 is 0 Å². The highest BCUT2D eigenvalue weighted by molar-refractivity contribution is 9.10. The van der Waals surface area contributed by atoms with Gasteiger partial charge in [0, 0.05) is 21.2 Å². The monoisotopic (exact) mass is 353 g/mol. The number of hydrogen-bond donors (Lipinski definition) is 1. The summed E-state index contributed by atoms with van der Waals surface area (Å²) in [6.07, 6.45) is 1.12. The van der Waals surface area contributed by atoms with Crippen LogP contribution in [0, 0.1) is 0 Å². The van der Waals surface area contributed by atoms with Crippen LogP contribution in [0.1, 0.15) is 5.56 Å². The fourth-order valence-electron chi connectivity index (χ4n) is 2.22. The molecule has 4 heteroatoms. The standard InChI is InChI=1S/C15H13BrClNS/c16-11-5-6-13(17)14(8-11)18-9-12-7-10-3-1-2-4-15(10)19-12/h1-6,8,12,18H,7,9H2. The third-order valence-corrected chi connectivity index (χ3v) is 5.30. The molecule has 0 amide bonds. The predicted octanol–water partition coefficient (Wildman–Crippen LogP) is 5.23. The summed E-state index contributed by atoms with van der Waals surface area (Å²) < 4.78 is 1.04. The largest absolute Gasteiger partial charge is 0.383 e. The topological polar surface area (TPSA) is 12.0 Å². The molecule has 0 aromatic heterocycles. The molecule has 0 aliphatic carbocycles. The van der Waals surface area contributed by atoms with Gasteiger partial charge in [-0.05, 0) is 36.2 Å². The molecule has 1 unspecified atom stereocenters. The third kappa shape index (κ3) is 3.10. The fraction of sp³-hybridized carbons (Fsp3) is 0.200. The highest BCUT2D eigenvalue weighted by Gasteiger charge is 2.21. The summed E-state index contributed by atoms with van der Waals surface area (Å²) in [4.78, 5) is 1.41. The maximum atomic E-state index is 6.18. The van der Waals surface area contributed by atoms with Gasteiger partial charge in [-0.2, -0.15) is 0 Å². The summed E-state index contributed by atoms with van der Waals surface area (Å²) in [5, 5.41) is 4.79. The normalized spacial score (nSPS) is 17.3. The smallest absolute Gasteiger partial charge is 0.0638 e. The molecule has 1 N–H and O–H groups in total. The Hall–Kier alpha value is -0.640. The van der Waals surface area contributed by atoms with Crippen LogP contribution in [-0.2, 0) is 6.42 Å². The fourth-order valence-corrected chi connectivity index (χ4v) is 4.02.